The molecule has 174 valence electrons. The van der Waals surface area contributed by atoms with Crippen LogP contribution in [0, 0.1) is 22.0 Å². The fourth-order valence-electron chi connectivity index (χ4n) is 4.94. The SMILES string of the molecule is CC(C)C[C@@H]1NC(=O)[C@H](C2CCCCC2)N([C@@H](Cc2ccc([N+](=O)[O-])cc2)C(N)=O)C1=O. The Morgan fingerprint density at radius 3 is 2.34 bits per heavy atom. The van der Waals surface area contributed by atoms with E-state index in [1.165, 1.54) is 17.0 Å². The Bertz CT molecular complexity index is 864. The highest BCUT2D eigenvalue weighted by Crippen LogP contribution is 2.33. The van der Waals surface area contributed by atoms with Gasteiger partial charge in [-0.15, -0.1) is 0 Å². The summed E-state index contributed by atoms with van der Waals surface area (Å²) in [5.41, 5.74) is 6.35. The zero-order valence-electron chi connectivity index (χ0n) is 18.7. The van der Waals surface area contributed by atoms with Crippen molar-refractivity contribution in [3.8, 4) is 0 Å². The lowest BCUT2D eigenvalue weighted by atomic mass is 9.80. The smallest absolute Gasteiger partial charge is 0.269 e. The number of rotatable bonds is 8. The maximum absolute atomic E-state index is 13.6. The van der Waals surface area contributed by atoms with Crippen molar-refractivity contribution in [2.45, 2.75) is 76.9 Å². The van der Waals surface area contributed by atoms with Gasteiger partial charge in [-0.1, -0.05) is 45.2 Å². The molecule has 9 heteroatoms. The number of benzene rings is 1. The molecule has 2 fully saturated rings. The minimum Gasteiger partial charge on any atom is -0.368 e. The van der Waals surface area contributed by atoms with E-state index in [2.05, 4.69) is 5.32 Å². The van der Waals surface area contributed by atoms with Crippen LogP contribution in [0.3, 0.4) is 0 Å². The summed E-state index contributed by atoms with van der Waals surface area (Å²) in [5.74, 6) is -1.03. The van der Waals surface area contributed by atoms with Crippen LogP contribution in [0.25, 0.3) is 0 Å². The molecule has 32 heavy (non-hydrogen) atoms. The van der Waals surface area contributed by atoms with Gasteiger partial charge in [0.25, 0.3) is 5.69 Å². The molecule has 1 aromatic rings. The maximum Gasteiger partial charge on any atom is 0.269 e. The van der Waals surface area contributed by atoms with Gasteiger partial charge in [0.15, 0.2) is 0 Å². The van der Waals surface area contributed by atoms with Gasteiger partial charge in [-0.3, -0.25) is 24.5 Å². The first-order valence-corrected chi connectivity index (χ1v) is 11.3. The molecule has 0 spiro atoms. The highest BCUT2D eigenvalue weighted by molar-refractivity contribution is 5.99. The largest absolute Gasteiger partial charge is 0.368 e. The standard InChI is InChI=1S/C23H32N4O5/c1-14(2)12-18-23(30)26(20(22(29)25-18)16-6-4-3-5-7-16)19(21(24)28)13-15-8-10-17(11-9-15)27(31)32/h8-11,14,16,18-20H,3-7,12-13H2,1-2H3,(H2,24,28)(H,25,29)/t18-,19-,20-/m0/s1. The lowest BCUT2D eigenvalue weighted by Gasteiger charge is -2.46. The van der Waals surface area contributed by atoms with Gasteiger partial charge in [0.05, 0.1) is 4.92 Å². The second kappa shape index (κ2) is 10.1. The van der Waals surface area contributed by atoms with Crippen molar-refractivity contribution in [3.63, 3.8) is 0 Å². The lowest BCUT2D eigenvalue weighted by molar-refractivity contribution is -0.384. The number of nitrogens with zero attached hydrogens (tertiary/aromatic N) is 2. The van der Waals surface area contributed by atoms with E-state index in [0.29, 0.717) is 12.0 Å². The first kappa shape index (κ1) is 23.7. The van der Waals surface area contributed by atoms with Gasteiger partial charge >= 0.3 is 0 Å². The highest BCUT2D eigenvalue weighted by Gasteiger charge is 2.48. The van der Waals surface area contributed by atoms with Gasteiger partial charge in [0.1, 0.15) is 18.1 Å². The fourth-order valence-corrected chi connectivity index (χ4v) is 4.94. The lowest BCUT2D eigenvalue weighted by Crippen LogP contribution is -2.69. The summed E-state index contributed by atoms with van der Waals surface area (Å²) in [6.45, 7) is 3.94. The van der Waals surface area contributed by atoms with E-state index >= 15 is 0 Å². The Balaban J connectivity index is 1.95. The van der Waals surface area contributed by atoms with Crippen LogP contribution in [0.2, 0.25) is 0 Å². The quantitative estimate of drug-likeness (QED) is 0.468. The number of carbonyl (C=O) groups excluding carboxylic acids is 3. The summed E-state index contributed by atoms with van der Waals surface area (Å²) >= 11 is 0. The van der Waals surface area contributed by atoms with Crippen LogP contribution in [-0.2, 0) is 20.8 Å². The Morgan fingerprint density at radius 2 is 1.81 bits per heavy atom. The van der Waals surface area contributed by atoms with Crippen molar-refractivity contribution in [3.05, 3.63) is 39.9 Å². The molecule has 3 amide bonds. The van der Waals surface area contributed by atoms with Crippen molar-refractivity contribution in [1.29, 1.82) is 0 Å². The summed E-state index contributed by atoms with van der Waals surface area (Å²) in [6, 6.07) is 3.41. The molecular formula is C23H32N4O5. The third-order valence-electron chi connectivity index (χ3n) is 6.48. The molecule has 3 rings (SSSR count). The van der Waals surface area contributed by atoms with E-state index in [0.717, 1.165) is 32.1 Å². The number of primary amides is 1. The molecule has 0 aromatic heterocycles. The molecule has 1 aliphatic carbocycles. The van der Waals surface area contributed by atoms with E-state index < -0.39 is 29.0 Å². The molecule has 0 unspecified atom stereocenters. The third kappa shape index (κ3) is 5.26. The van der Waals surface area contributed by atoms with E-state index in [1.807, 2.05) is 13.8 Å². The monoisotopic (exact) mass is 444 g/mol. The predicted octanol–water partition coefficient (Wildman–Crippen LogP) is 2.31. The molecule has 0 bridgehead atoms. The molecule has 3 N–H and O–H groups in total. The van der Waals surface area contributed by atoms with Crippen LogP contribution < -0.4 is 11.1 Å². The number of carbonyl (C=O) groups is 3. The number of hydrogen-bond acceptors (Lipinski definition) is 5. The van der Waals surface area contributed by atoms with E-state index in [9.17, 15) is 24.5 Å². The Labute approximate surface area is 187 Å². The first-order chi connectivity index (χ1) is 15.2. The molecule has 0 radical (unpaired) electrons. The van der Waals surface area contributed by atoms with Gasteiger partial charge in [-0.2, -0.15) is 0 Å². The van der Waals surface area contributed by atoms with Crippen LogP contribution in [-0.4, -0.2) is 45.7 Å². The molecule has 1 saturated heterocycles. The maximum atomic E-state index is 13.6. The summed E-state index contributed by atoms with van der Waals surface area (Å²) in [7, 11) is 0. The highest BCUT2D eigenvalue weighted by atomic mass is 16.6. The summed E-state index contributed by atoms with van der Waals surface area (Å²) in [4.78, 5) is 51.2. The zero-order chi connectivity index (χ0) is 23.4. The average molecular weight is 445 g/mol. The van der Waals surface area contributed by atoms with Crippen molar-refractivity contribution < 1.29 is 19.3 Å². The fraction of sp³-hybridized carbons (Fsp3) is 0.609. The third-order valence-corrected chi connectivity index (χ3v) is 6.48. The second-order valence-electron chi connectivity index (χ2n) is 9.33. The summed E-state index contributed by atoms with van der Waals surface area (Å²) in [5, 5.41) is 13.8. The van der Waals surface area contributed by atoms with E-state index in [1.54, 1.807) is 12.1 Å². The Hall–Kier alpha value is -2.97. The van der Waals surface area contributed by atoms with Crippen LogP contribution in [0.15, 0.2) is 24.3 Å². The summed E-state index contributed by atoms with van der Waals surface area (Å²) in [6.07, 6.45) is 5.27. The average Bonchev–Trinajstić information content (AvgIpc) is 2.74. The number of nitrogens with one attached hydrogen (secondary N) is 1. The number of nitrogens with two attached hydrogens (primary N) is 1. The van der Waals surface area contributed by atoms with Crippen LogP contribution in [0.5, 0.6) is 0 Å². The minimum absolute atomic E-state index is 0.0218. The number of nitro benzene ring substituents is 1. The zero-order valence-corrected chi connectivity index (χ0v) is 18.7. The van der Waals surface area contributed by atoms with Crippen molar-refractivity contribution >= 4 is 23.4 Å². The second-order valence-corrected chi connectivity index (χ2v) is 9.33. The molecular weight excluding hydrogens is 412 g/mol. The first-order valence-electron chi connectivity index (χ1n) is 11.3. The van der Waals surface area contributed by atoms with Gasteiger partial charge in [-0.25, -0.2) is 0 Å². The number of nitro groups is 1. The number of piperazine rings is 1. The summed E-state index contributed by atoms with van der Waals surface area (Å²) < 4.78 is 0. The Kier molecular flexibility index (Phi) is 7.48. The Morgan fingerprint density at radius 1 is 1.19 bits per heavy atom. The molecule has 1 aromatic carbocycles. The van der Waals surface area contributed by atoms with E-state index in [-0.39, 0.29) is 35.8 Å². The number of hydrogen-bond donors (Lipinski definition) is 2. The van der Waals surface area contributed by atoms with Gasteiger partial charge in [0, 0.05) is 18.6 Å². The molecule has 1 heterocycles. The predicted molar refractivity (Wildman–Crippen MR) is 118 cm³/mol. The van der Waals surface area contributed by atoms with Crippen molar-refractivity contribution in [2.24, 2.45) is 17.6 Å². The minimum atomic E-state index is -1.00. The van der Waals surface area contributed by atoms with Gasteiger partial charge < -0.3 is 16.0 Å². The molecule has 1 saturated carbocycles. The van der Waals surface area contributed by atoms with Crippen LogP contribution >= 0.6 is 0 Å². The van der Waals surface area contributed by atoms with Crippen LogP contribution in [0.4, 0.5) is 5.69 Å². The van der Waals surface area contributed by atoms with E-state index in [4.69, 9.17) is 5.73 Å². The van der Waals surface area contributed by atoms with Gasteiger partial charge in [-0.05, 0) is 36.7 Å². The molecule has 9 nitrogen and oxygen atoms in total. The molecule has 2 aliphatic rings. The molecule has 3 atom stereocenters. The number of amides is 3. The van der Waals surface area contributed by atoms with Crippen molar-refractivity contribution in [1.82, 2.24) is 10.2 Å². The van der Waals surface area contributed by atoms with Gasteiger partial charge in [0.2, 0.25) is 17.7 Å². The molecule has 1 aliphatic heterocycles. The van der Waals surface area contributed by atoms with Crippen molar-refractivity contribution in [2.75, 3.05) is 0 Å². The van der Waals surface area contributed by atoms with Crippen LogP contribution in [0.1, 0.15) is 57.9 Å². The topological polar surface area (TPSA) is 136 Å². The normalized spacial score (nSPS) is 23.2. The number of non-ortho nitro benzene ring substituents is 1.